The van der Waals surface area contributed by atoms with Crippen LogP contribution in [0.1, 0.15) is 37.7 Å². The number of nitrogens with zero attached hydrogens (tertiary/aromatic N) is 3. The van der Waals surface area contributed by atoms with Crippen LogP contribution in [-0.4, -0.2) is 32.7 Å². The molecule has 0 spiro atoms. The summed E-state index contributed by atoms with van der Waals surface area (Å²) in [6, 6.07) is 10.2. The van der Waals surface area contributed by atoms with E-state index in [1.165, 1.54) is 0 Å². The van der Waals surface area contributed by atoms with Crippen LogP contribution in [0.3, 0.4) is 0 Å². The number of aliphatic hydroxyl groups is 1. The number of benzene rings is 1. The molecule has 0 saturated carbocycles. The third-order valence-electron chi connectivity index (χ3n) is 4.53. The Hall–Kier alpha value is -2.99. The van der Waals surface area contributed by atoms with E-state index in [2.05, 4.69) is 39.8 Å². The van der Waals surface area contributed by atoms with Gasteiger partial charge in [0.05, 0.1) is 11.9 Å². The van der Waals surface area contributed by atoms with Gasteiger partial charge in [-0.05, 0) is 30.4 Å². The summed E-state index contributed by atoms with van der Waals surface area (Å²) in [5.41, 5.74) is 0.859. The number of ether oxygens (including phenoxy) is 1. The van der Waals surface area contributed by atoms with Gasteiger partial charge in [-0.15, -0.1) is 0 Å². The Morgan fingerprint density at radius 2 is 2.07 bits per heavy atom. The maximum atomic E-state index is 9.34. The maximum Gasteiger partial charge on any atom is 0.180 e. The first-order valence-electron chi connectivity index (χ1n) is 9.57. The first-order chi connectivity index (χ1) is 13.7. The number of aliphatic hydroxyl groups excluding tert-OH is 1. The minimum Gasteiger partial charge on any atom is -0.482 e. The second kappa shape index (κ2) is 9.80. The van der Waals surface area contributed by atoms with Crippen molar-refractivity contribution in [3.05, 3.63) is 60.8 Å². The Kier molecular flexibility index (Phi) is 6.92. The van der Waals surface area contributed by atoms with Crippen molar-refractivity contribution in [3.63, 3.8) is 0 Å². The zero-order chi connectivity index (χ0) is 19.8. The Morgan fingerprint density at radius 1 is 1.21 bits per heavy atom. The van der Waals surface area contributed by atoms with Crippen LogP contribution in [0.25, 0.3) is 16.8 Å². The molecule has 0 bridgehead atoms. The smallest absolute Gasteiger partial charge is 0.180 e. The van der Waals surface area contributed by atoms with Gasteiger partial charge in [0.1, 0.15) is 6.61 Å². The van der Waals surface area contributed by atoms with Gasteiger partial charge in [-0.25, -0.2) is 9.97 Å². The van der Waals surface area contributed by atoms with Gasteiger partial charge in [0.2, 0.25) is 0 Å². The highest BCUT2D eigenvalue weighted by molar-refractivity contribution is 5.84. The summed E-state index contributed by atoms with van der Waals surface area (Å²) < 4.78 is 6.04. The number of rotatable bonds is 10. The molecule has 0 aliphatic rings. The molecule has 2 aromatic heterocycles. The van der Waals surface area contributed by atoms with Crippen molar-refractivity contribution in [1.82, 2.24) is 15.0 Å². The van der Waals surface area contributed by atoms with Crippen LogP contribution in [0.4, 0.5) is 5.82 Å². The van der Waals surface area contributed by atoms with Gasteiger partial charge < -0.3 is 15.2 Å². The number of aromatic nitrogens is 3. The highest BCUT2D eigenvalue weighted by atomic mass is 16.5. The summed E-state index contributed by atoms with van der Waals surface area (Å²) in [5.74, 6) is 1.69. The van der Waals surface area contributed by atoms with Crippen molar-refractivity contribution in [3.8, 4) is 5.75 Å². The normalized spacial score (nSPS) is 11.9. The van der Waals surface area contributed by atoms with Crippen molar-refractivity contribution < 1.29 is 9.84 Å². The Bertz CT molecular complexity index is 918. The van der Waals surface area contributed by atoms with E-state index in [1.807, 2.05) is 24.3 Å². The highest BCUT2D eigenvalue weighted by Crippen LogP contribution is 2.25. The molecule has 6 nitrogen and oxygen atoms in total. The maximum absolute atomic E-state index is 9.34. The highest BCUT2D eigenvalue weighted by Gasteiger charge is 2.14. The fourth-order valence-corrected chi connectivity index (χ4v) is 3.12. The number of hydrogen-bond acceptors (Lipinski definition) is 6. The fourth-order valence-electron chi connectivity index (χ4n) is 3.12. The van der Waals surface area contributed by atoms with Crippen molar-refractivity contribution in [2.75, 3.05) is 11.9 Å². The van der Waals surface area contributed by atoms with E-state index in [0.29, 0.717) is 30.4 Å². The van der Waals surface area contributed by atoms with Crippen LogP contribution in [0.5, 0.6) is 5.75 Å². The van der Waals surface area contributed by atoms with Gasteiger partial charge in [0.25, 0.3) is 0 Å². The molecule has 1 aromatic carbocycles. The van der Waals surface area contributed by atoms with Crippen molar-refractivity contribution in [1.29, 1.82) is 0 Å². The molecule has 3 rings (SSSR count). The van der Waals surface area contributed by atoms with Crippen molar-refractivity contribution >= 4 is 22.7 Å². The second-order valence-corrected chi connectivity index (χ2v) is 6.55. The van der Waals surface area contributed by atoms with E-state index in [0.717, 1.165) is 29.3 Å². The summed E-state index contributed by atoms with van der Waals surface area (Å²) in [5, 5.41) is 14.9. The molecule has 3 aromatic rings. The molecule has 0 radical (unpaired) electrons. The van der Waals surface area contributed by atoms with E-state index in [-0.39, 0.29) is 12.6 Å². The minimum absolute atomic E-state index is 0.112. The average molecular weight is 378 g/mol. The third-order valence-corrected chi connectivity index (χ3v) is 4.53. The lowest BCUT2D eigenvalue weighted by atomic mass is 10.1. The number of anilines is 1. The van der Waals surface area contributed by atoms with E-state index < -0.39 is 0 Å². The minimum atomic E-state index is 0.112. The van der Waals surface area contributed by atoms with E-state index in [1.54, 1.807) is 18.5 Å². The monoisotopic (exact) mass is 378 g/mol. The summed E-state index contributed by atoms with van der Waals surface area (Å²) >= 11 is 0. The number of hydrogen-bond donors (Lipinski definition) is 2. The predicted octanol–water partition coefficient (Wildman–Crippen LogP) is 4.21. The van der Waals surface area contributed by atoms with Crippen LogP contribution < -0.4 is 10.1 Å². The largest absolute Gasteiger partial charge is 0.482 e. The fraction of sp³-hybridized carbons (Fsp3) is 0.318. The predicted molar refractivity (Wildman–Crippen MR) is 112 cm³/mol. The van der Waals surface area contributed by atoms with Gasteiger partial charge >= 0.3 is 0 Å². The number of pyridine rings is 1. The SMILES string of the molecule is C=Cc1ncc(OCc2nccc3ccccc23)c(N[C@@H](CCC)CCO)n1. The summed E-state index contributed by atoms with van der Waals surface area (Å²) in [6.07, 6.45) is 7.62. The summed E-state index contributed by atoms with van der Waals surface area (Å²) in [7, 11) is 0. The molecule has 28 heavy (non-hydrogen) atoms. The van der Waals surface area contributed by atoms with Crippen LogP contribution >= 0.6 is 0 Å². The zero-order valence-corrected chi connectivity index (χ0v) is 16.1. The van der Waals surface area contributed by atoms with Crippen LogP contribution in [-0.2, 0) is 6.61 Å². The average Bonchev–Trinajstić information content (AvgIpc) is 2.73. The van der Waals surface area contributed by atoms with Gasteiger partial charge in [-0.1, -0.05) is 44.2 Å². The lowest BCUT2D eigenvalue weighted by molar-refractivity contribution is 0.275. The van der Waals surface area contributed by atoms with Crippen LogP contribution in [0, 0.1) is 0 Å². The Balaban J connectivity index is 1.83. The quantitative estimate of drug-likeness (QED) is 0.550. The van der Waals surface area contributed by atoms with E-state index in [4.69, 9.17) is 4.74 Å². The molecule has 0 saturated heterocycles. The molecule has 0 unspecified atom stereocenters. The molecule has 0 aliphatic heterocycles. The first-order valence-corrected chi connectivity index (χ1v) is 9.57. The van der Waals surface area contributed by atoms with Gasteiger partial charge in [-0.2, -0.15) is 0 Å². The van der Waals surface area contributed by atoms with Crippen molar-refractivity contribution in [2.45, 2.75) is 38.8 Å². The van der Waals surface area contributed by atoms with Gasteiger partial charge in [-0.3, -0.25) is 4.98 Å². The lowest BCUT2D eigenvalue weighted by Crippen LogP contribution is -2.22. The lowest BCUT2D eigenvalue weighted by Gasteiger charge is -2.20. The van der Waals surface area contributed by atoms with E-state index >= 15 is 0 Å². The van der Waals surface area contributed by atoms with Crippen LogP contribution in [0.2, 0.25) is 0 Å². The third kappa shape index (κ3) is 4.84. The van der Waals surface area contributed by atoms with Gasteiger partial charge in [0, 0.05) is 24.2 Å². The Morgan fingerprint density at radius 3 is 2.86 bits per heavy atom. The molecule has 2 heterocycles. The molecule has 0 fully saturated rings. The number of nitrogens with one attached hydrogen (secondary N) is 1. The molecule has 0 amide bonds. The number of fused-ring (bicyclic) bond motifs is 1. The summed E-state index contributed by atoms with van der Waals surface area (Å²) in [6.45, 7) is 6.28. The first kappa shape index (κ1) is 19.8. The van der Waals surface area contributed by atoms with E-state index in [9.17, 15) is 5.11 Å². The molecule has 2 N–H and O–H groups in total. The second-order valence-electron chi connectivity index (χ2n) is 6.55. The van der Waals surface area contributed by atoms with Crippen molar-refractivity contribution in [2.24, 2.45) is 0 Å². The zero-order valence-electron chi connectivity index (χ0n) is 16.1. The molecular weight excluding hydrogens is 352 g/mol. The topological polar surface area (TPSA) is 80.2 Å². The Labute approximate surface area is 165 Å². The van der Waals surface area contributed by atoms with Crippen LogP contribution in [0.15, 0.2) is 49.3 Å². The standard InChI is InChI=1S/C22H26N4O2/c1-3-7-17(11-13-27)25-22-20(14-24-21(4-2)26-22)28-15-19-18-9-6-5-8-16(18)10-12-23-19/h4-6,8-10,12,14,17,27H,2-3,7,11,13,15H2,1H3,(H,24,25,26)/t17-/m0/s1. The molecule has 0 aliphatic carbocycles. The summed E-state index contributed by atoms with van der Waals surface area (Å²) in [4.78, 5) is 13.2. The molecule has 146 valence electrons. The van der Waals surface area contributed by atoms with Gasteiger partial charge in [0.15, 0.2) is 17.4 Å². The molecule has 1 atom stereocenters. The molecule has 6 heteroatoms. The molecular formula is C22H26N4O2.